The summed E-state index contributed by atoms with van der Waals surface area (Å²) in [7, 11) is 1.65. The molecule has 1 N–H and O–H groups in total. The van der Waals surface area contributed by atoms with Crippen LogP contribution in [0.5, 0.6) is 11.5 Å². The van der Waals surface area contributed by atoms with Crippen LogP contribution in [0.15, 0.2) is 72.8 Å². The van der Waals surface area contributed by atoms with Gasteiger partial charge >= 0.3 is 5.97 Å². The molecule has 0 aliphatic heterocycles. The predicted octanol–water partition coefficient (Wildman–Crippen LogP) is 5.99. The van der Waals surface area contributed by atoms with E-state index >= 15 is 0 Å². The van der Waals surface area contributed by atoms with Crippen molar-refractivity contribution in [2.45, 2.75) is 37.7 Å². The van der Waals surface area contributed by atoms with Gasteiger partial charge in [0.25, 0.3) is 0 Å². The van der Waals surface area contributed by atoms with Crippen LogP contribution in [0.3, 0.4) is 0 Å². The highest BCUT2D eigenvalue weighted by atomic mass is 16.5. The second-order valence-corrected chi connectivity index (χ2v) is 7.87. The van der Waals surface area contributed by atoms with Gasteiger partial charge in [-0.15, -0.1) is 0 Å². The summed E-state index contributed by atoms with van der Waals surface area (Å²) in [6.07, 6.45) is 5.27. The van der Waals surface area contributed by atoms with E-state index in [1.54, 1.807) is 19.2 Å². The van der Waals surface area contributed by atoms with Crippen LogP contribution in [-0.4, -0.2) is 23.8 Å². The number of carbonyl (C=O) groups is 1. The zero-order chi connectivity index (χ0) is 21.0. The molecule has 0 bridgehead atoms. The Morgan fingerprint density at radius 3 is 2.27 bits per heavy atom. The molecular formula is C26H26O4. The molecule has 0 spiro atoms. The van der Waals surface area contributed by atoms with E-state index in [1.807, 2.05) is 36.4 Å². The minimum atomic E-state index is -0.925. The molecule has 154 valence electrons. The Balaban J connectivity index is 1.47. The fourth-order valence-electron chi connectivity index (χ4n) is 3.78. The van der Waals surface area contributed by atoms with E-state index in [1.165, 1.54) is 5.56 Å². The van der Waals surface area contributed by atoms with E-state index in [0.29, 0.717) is 0 Å². The molecular weight excluding hydrogens is 376 g/mol. The summed E-state index contributed by atoms with van der Waals surface area (Å²) in [6, 6.07) is 23.3. The second-order valence-electron chi connectivity index (χ2n) is 7.87. The fourth-order valence-corrected chi connectivity index (χ4v) is 3.78. The average molecular weight is 402 g/mol. The van der Waals surface area contributed by atoms with E-state index in [-0.39, 0.29) is 11.2 Å². The van der Waals surface area contributed by atoms with Gasteiger partial charge in [0.2, 0.25) is 0 Å². The first-order valence-electron chi connectivity index (χ1n) is 10.3. The van der Waals surface area contributed by atoms with Crippen molar-refractivity contribution in [3.05, 3.63) is 83.9 Å². The number of rotatable bonds is 9. The maximum Gasteiger partial charge on any atom is 0.335 e. The smallest absolute Gasteiger partial charge is 0.335 e. The van der Waals surface area contributed by atoms with Crippen LogP contribution in [0.2, 0.25) is 0 Å². The van der Waals surface area contributed by atoms with Crippen molar-refractivity contribution in [1.82, 2.24) is 0 Å². The minimum Gasteiger partial charge on any atom is -0.493 e. The van der Waals surface area contributed by atoms with Crippen LogP contribution in [-0.2, 0) is 6.42 Å². The second kappa shape index (κ2) is 8.62. The summed E-state index contributed by atoms with van der Waals surface area (Å²) in [5.41, 5.74) is 3.45. The molecule has 30 heavy (non-hydrogen) atoms. The van der Waals surface area contributed by atoms with Gasteiger partial charge in [0, 0.05) is 0 Å². The Labute approximate surface area is 177 Å². The van der Waals surface area contributed by atoms with Crippen molar-refractivity contribution < 1.29 is 19.4 Å². The Morgan fingerprint density at radius 2 is 1.63 bits per heavy atom. The zero-order valence-electron chi connectivity index (χ0n) is 17.1. The number of hydrogen-bond donors (Lipinski definition) is 1. The lowest BCUT2D eigenvalue weighted by Crippen LogP contribution is -2.18. The van der Waals surface area contributed by atoms with Gasteiger partial charge < -0.3 is 14.6 Å². The number of aromatic carboxylic acids is 1. The van der Waals surface area contributed by atoms with Crippen LogP contribution in [0, 0.1) is 0 Å². The molecule has 1 aliphatic rings. The summed E-state index contributed by atoms with van der Waals surface area (Å²) in [5.74, 6) is 0.538. The molecule has 4 nitrogen and oxygen atoms in total. The lowest BCUT2D eigenvalue weighted by Gasteiger charge is -2.21. The van der Waals surface area contributed by atoms with E-state index in [4.69, 9.17) is 14.6 Å². The molecule has 1 saturated carbocycles. The van der Waals surface area contributed by atoms with Crippen molar-refractivity contribution >= 4 is 5.97 Å². The van der Waals surface area contributed by atoms with Crippen molar-refractivity contribution in [3.63, 3.8) is 0 Å². The van der Waals surface area contributed by atoms with Gasteiger partial charge in [-0.25, -0.2) is 4.79 Å². The molecule has 0 amide bonds. The zero-order valence-corrected chi connectivity index (χ0v) is 17.1. The van der Waals surface area contributed by atoms with Gasteiger partial charge in [-0.3, -0.25) is 0 Å². The first-order valence-corrected chi connectivity index (χ1v) is 10.3. The number of hydrogen-bond acceptors (Lipinski definition) is 3. The van der Waals surface area contributed by atoms with Gasteiger partial charge in [-0.1, -0.05) is 48.5 Å². The number of aryl methyl sites for hydroxylation is 1. The summed E-state index contributed by atoms with van der Waals surface area (Å²) in [6.45, 7) is 0. The lowest BCUT2D eigenvalue weighted by molar-refractivity contribution is 0.0697. The lowest BCUT2D eigenvalue weighted by atomic mass is 10.0. The summed E-state index contributed by atoms with van der Waals surface area (Å²) in [4.78, 5) is 11.1. The van der Waals surface area contributed by atoms with E-state index < -0.39 is 5.97 Å². The maximum atomic E-state index is 11.1. The van der Waals surface area contributed by atoms with Gasteiger partial charge in [-0.2, -0.15) is 0 Å². The SMILES string of the molecule is COc1ccc(-c2ccc(C(=O)O)cc2)cc1OC1(CCCc2ccccc2)CC1. The molecule has 0 aromatic heterocycles. The Hall–Kier alpha value is -3.27. The van der Waals surface area contributed by atoms with Crippen molar-refractivity contribution in [2.24, 2.45) is 0 Å². The third-order valence-corrected chi connectivity index (χ3v) is 5.70. The van der Waals surface area contributed by atoms with Crippen LogP contribution in [0.1, 0.15) is 41.6 Å². The topological polar surface area (TPSA) is 55.8 Å². The molecule has 0 heterocycles. The molecule has 0 radical (unpaired) electrons. The number of carboxylic acid groups (broad SMARTS) is 1. The summed E-state index contributed by atoms with van der Waals surface area (Å²) in [5, 5.41) is 9.10. The van der Waals surface area contributed by atoms with Crippen LogP contribution in [0.25, 0.3) is 11.1 Å². The van der Waals surface area contributed by atoms with Crippen LogP contribution in [0.4, 0.5) is 0 Å². The molecule has 1 fully saturated rings. The van der Waals surface area contributed by atoms with Gasteiger partial charge in [-0.05, 0) is 73.1 Å². The predicted molar refractivity (Wildman–Crippen MR) is 117 cm³/mol. The van der Waals surface area contributed by atoms with Crippen molar-refractivity contribution in [3.8, 4) is 22.6 Å². The van der Waals surface area contributed by atoms with Gasteiger partial charge in [0.1, 0.15) is 5.60 Å². The minimum absolute atomic E-state index is 0.103. The Morgan fingerprint density at radius 1 is 0.933 bits per heavy atom. The van der Waals surface area contributed by atoms with E-state index in [9.17, 15) is 4.79 Å². The molecule has 0 unspecified atom stereocenters. The van der Waals surface area contributed by atoms with Crippen molar-refractivity contribution in [1.29, 1.82) is 0 Å². The summed E-state index contributed by atoms with van der Waals surface area (Å²) >= 11 is 0. The molecule has 0 atom stereocenters. The highest BCUT2D eigenvalue weighted by Gasteiger charge is 2.45. The average Bonchev–Trinajstić information content (AvgIpc) is 3.54. The Kier molecular flexibility index (Phi) is 5.75. The first kappa shape index (κ1) is 20.0. The highest BCUT2D eigenvalue weighted by Crippen LogP contribution is 2.47. The van der Waals surface area contributed by atoms with Gasteiger partial charge in [0.05, 0.1) is 12.7 Å². The number of methoxy groups -OCH3 is 1. The fraction of sp³-hybridized carbons (Fsp3) is 0.269. The molecule has 4 heteroatoms. The van der Waals surface area contributed by atoms with Gasteiger partial charge in [0.15, 0.2) is 11.5 Å². The largest absolute Gasteiger partial charge is 0.493 e. The Bertz CT molecular complexity index is 1000. The monoisotopic (exact) mass is 402 g/mol. The summed E-state index contributed by atoms with van der Waals surface area (Å²) < 4.78 is 12.0. The quantitative estimate of drug-likeness (QED) is 0.477. The van der Waals surface area contributed by atoms with Crippen LogP contribution >= 0.6 is 0 Å². The standard InChI is InChI=1S/C26H26O4/c1-29-23-14-13-22(20-9-11-21(12-10-20)25(27)28)18-24(23)30-26(16-17-26)15-5-8-19-6-3-2-4-7-19/h2-4,6-7,9-14,18H,5,8,15-17H2,1H3,(H,27,28). The van der Waals surface area contributed by atoms with E-state index in [0.717, 1.165) is 54.7 Å². The number of ether oxygens (including phenoxy) is 2. The normalized spacial score (nSPS) is 14.2. The highest BCUT2D eigenvalue weighted by molar-refractivity contribution is 5.88. The molecule has 3 aromatic rings. The third-order valence-electron chi connectivity index (χ3n) is 5.70. The maximum absolute atomic E-state index is 11.1. The first-order chi connectivity index (χ1) is 14.6. The number of benzene rings is 3. The third kappa shape index (κ3) is 4.65. The molecule has 3 aromatic carbocycles. The molecule has 4 rings (SSSR count). The molecule has 0 saturated heterocycles. The molecule has 1 aliphatic carbocycles. The number of carboxylic acids is 1. The van der Waals surface area contributed by atoms with E-state index in [2.05, 4.69) is 24.3 Å². The van der Waals surface area contributed by atoms with Crippen molar-refractivity contribution in [2.75, 3.05) is 7.11 Å². The van der Waals surface area contributed by atoms with Crippen LogP contribution < -0.4 is 9.47 Å².